The van der Waals surface area contributed by atoms with Crippen LogP contribution in [0.3, 0.4) is 0 Å². The van der Waals surface area contributed by atoms with Crippen LogP contribution in [0.15, 0.2) is 0 Å². The van der Waals surface area contributed by atoms with Gasteiger partial charge in [0, 0.05) is 71.1 Å². The van der Waals surface area contributed by atoms with E-state index in [1.54, 1.807) is 11.8 Å². The van der Waals surface area contributed by atoms with Crippen molar-refractivity contribution in [3.8, 4) is 0 Å². The Morgan fingerprint density at radius 2 is 0.962 bits per heavy atom. The monoisotopic (exact) mass is 364 g/mol. The highest BCUT2D eigenvalue weighted by Crippen LogP contribution is 2.31. The van der Waals surface area contributed by atoms with Crippen LogP contribution in [-0.2, 0) is 14.4 Å². The van der Waals surface area contributed by atoms with Gasteiger partial charge in [0.2, 0.25) is 17.7 Å². The first kappa shape index (κ1) is 19.1. The van der Waals surface area contributed by atoms with Gasteiger partial charge < -0.3 is 19.6 Å². The molecule has 1 aliphatic carbocycles. The quantitative estimate of drug-likeness (QED) is 0.705. The molecule has 7 nitrogen and oxygen atoms in total. The highest BCUT2D eigenvalue weighted by atomic mass is 16.2. The van der Waals surface area contributed by atoms with Gasteiger partial charge in [-0.1, -0.05) is 0 Å². The summed E-state index contributed by atoms with van der Waals surface area (Å²) in [5, 5.41) is 0. The Morgan fingerprint density at radius 3 is 1.35 bits per heavy atom. The first-order valence-electron chi connectivity index (χ1n) is 9.97. The molecule has 0 bridgehead atoms. The zero-order valence-corrected chi connectivity index (χ0v) is 16.2. The summed E-state index contributed by atoms with van der Waals surface area (Å²) < 4.78 is 0. The molecule has 146 valence electrons. The third kappa shape index (κ3) is 4.37. The Bertz CT molecular complexity index is 529. The van der Waals surface area contributed by atoms with Gasteiger partial charge in [0.05, 0.1) is 0 Å². The minimum absolute atomic E-state index is 0.0513. The van der Waals surface area contributed by atoms with E-state index in [1.807, 2.05) is 9.80 Å². The van der Waals surface area contributed by atoms with Crippen molar-refractivity contribution >= 4 is 17.7 Å². The third-order valence-corrected chi connectivity index (χ3v) is 6.28. The lowest BCUT2D eigenvalue weighted by Gasteiger charge is -2.39. The second-order valence-corrected chi connectivity index (χ2v) is 8.01. The van der Waals surface area contributed by atoms with Crippen LogP contribution in [0.2, 0.25) is 0 Å². The maximum absolute atomic E-state index is 12.8. The largest absolute Gasteiger partial charge is 0.340 e. The smallest absolute Gasteiger partial charge is 0.225 e. The summed E-state index contributed by atoms with van der Waals surface area (Å²) in [7, 11) is 2.09. The molecule has 3 fully saturated rings. The molecule has 0 atom stereocenters. The van der Waals surface area contributed by atoms with Crippen LogP contribution in [0, 0.1) is 11.8 Å². The maximum Gasteiger partial charge on any atom is 0.225 e. The van der Waals surface area contributed by atoms with Crippen LogP contribution >= 0.6 is 0 Å². The van der Waals surface area contributed by atoms with E-state index < -0.39 is 0 Å². The minimum Gasteiger partial charge on any atom is -0.340 e. The van der Waals surface area contributed by atoms with E-state index in [4.69, 9.17) is 0 Å². The number of carbonyl (C=O) groups excluding carboxylic acids is 3. The predicted octanol–water partition coefficient (Wildman–Crippen LogP) is 0.258. The molecule has 0 N–H and O–H groups in total. The Balaban J connectivity index is 1.44. The van der Waals surface area contributed by atoms with Crippen LogP contribution in [0.5, 0.6) is 0 Å². The number of carbonyl (C=O) groups is 3. The standard InChI is InChI=1S/C19H32N4O3/c1-15(24)21-11-13-23(14-12-21)19(26)17-5-3-16(4-6-17)18(25)22-9-7-20(2)8-10-22/h16-17H,3-14H2,1-2H3. The number of likely N-dealkylation sites (N-methyl/N-ethyl adjacent to an activating group) is 1. The number of nitrogens with zero attached hydrogens (tertiary/aromatic N) is 4. The van der Waals surface area contributed by atoms with Crippen LogP contribution in [-0.4, -0.2) is 96.7 Å². The van der Waals surface area contributed by atoms with Gasteiger partial charge in [0.15, 0.2) is 0 Å². The molecule has 1 saturated carbocycles. The van der Waals surface area contributed by atoms with Gasteiger partial charge in [-0.25, -0.2) is 0 Å². The molecule has 2 saturated heterocycles. The minimum atomic E-state index is 0.0513. The van der Waals surface area contributed by atoms with Crippen LogP contribution in [0.4, 0.5) is 0 Å². The van der Waals surface area contributed by atoms with Crippen molar-refractivity contribution in [2.45, 2.75) is 32.6 Å². The zero-order chi connectivity index (χ0) is 18.7. The molecule has 0 unspecified atom stereocenters. The summed E-state index contributed by atoms with van der Waals surface area (Å²) in [6.45, 7) is 7.69. The highest BCUT2D eigenvalue weighted by molar-refractivity contribution is 5.81. The molecule has 2 aliphatic heterocycles. The van der Waals surface area contributed by atoms with Crippen molar-refractivity contribution in [3.05, 3.63) is 0 Å². The molecule has 0 spiro atoms. The molecule has 3 amide bonds. The maximum atomic E-state index is 12.8. The summed E-state index contributed by atoms with van der Waals surface area (Å²) in [5.74, 6) is 0.741. The molecule has 0 aromatic carbocycles. The predicted molar refractivity (Wildman–Crippen MR) is 98.4 cm³/mol. The lowest BCUT2D eigenvalue weighted by molar-refractivity contribution is -0.144. The first-order valence-corrected chi connectivity index (χ1v) is 9.97. The molecule has 3 aliphatic rings. The summed E-state index contributed by atoms with van der Waals surface area (Å²) in [5.41, 5.74) is 0. The van der Waals surface area contributed by atoms with E-state index >= 15 is 0 Å². The number of hydrogen-bond donors (Lipinski definition) is 0. The van der Waals surface area contributed by atoms with Gasteiger partial charge in [-0.15, -0.1) is 0 Å². The lowest BCUT2D eigenvalue weighted by Crippen LogP contribution is -2.52. The van der Waals surface area contributed by atoms with E-state index in [1.165, 1.54) is 0 Å². The Hall–Kier alpha value is -1.63. The highest BCUT2D eigenvalue weighted by Gasteiger charge is 2.35. The second-order valence-electron chi connectivity index (χ2n) is 8.01. The Morgan fingerprint density at radius 1 is 0.615 bits per heavy atom. The number of rotatable bonds is 2. The van der Waals surface area contributed by atoms with Crippen molar-refractivity contribution < 1.29 is 14.4 Å². The molecule has 0 aromatic rings. The average Bonchev–Trinajstić information content (AvgIpc) is 2.67. The van der Waals surface area contributed by atoms with E-state index in [-0.39, 0.29) is 23.7 Å². The Labute approximate surface area is 156 Å². The number of piperazine rings is 2. The van der Waals surface area contributed by atoms with Gasteiger partial charge in [0.25, 0.3) is 0 Å². The molecule has 7 heteroatoms. The van der Waals surface area contributed by atoms with Gasteiger partial charge in [-0.2, -0.15) is 0 Å². The molecule has 0 radical (unpaired) electrons. The zero-order valence-electron chi connectivity index (χ0n) is 16.2. The molecular weight excluding hydrogens is 332 g/mol. The van der Waals surface area contributed by atoms with Crippen LogP contribution in [0.1, 0.15) is 32.6 Å². The van der Waals surface area contributed by atoms with Crippen LogP contribution < -0.4 is 0 Å². The molecule has 26 heavy (non-hydrogen) atoms. The van der Waals surface area contributed by atoms with E-state index in [0.29, 0.717) is 32.1 Å². The first-order chi connectivity index (χ1) is 12.5. The summed E-state index contributed by atoms with van der Waals surface area (Å²) >= 11 is 0. The number of amides is 3. The van der Waals surface area contributed by atoms with E-state index in [0.717, 1.165) is 51.9 Å². The van der Waals surface area contributed by atoms with Crippen molar-refractivity contribution in [1.82, 2.24) is 19.6 Å². The molecule has 2 heterocycles. The fourth-order valence-electron chi connectivity index (χ4n) is 4.37. The van der Waals surface area contributed by atoms with Gasteiger partial charge in [-0.3, -0.25) is 14.4 Å². The van der Waals surface area contributed by atoms with Gasteiger partial charge in [0.1, 0.15) is 0 Å². The van der Waals surface area contributed by atoms with Gasteiger partial charge >= 0.3 is 0 Å². The van der Waals surface area contributed by atoms with Crippen molar-refractivity contribution in [1.29, 1.82) is 0 Å². The summed E-state index contributed by atoms with van der Waals surface area (Å²) in [4.78, 5) is 44.9. The SMILES string of the molecule is CC(=O)N1CCN(C(=O)C2CCC(C(=O)N3CCN(C)CC3)CC2)CC1. The normalized spacial score (nSPS) is 28.2. The average molecular weight is 364 g/mol. The molecule has 0 aromatic heterocycles. The lowest BCUT2D eigenvalue weighted by atomic mass is 9.80. The van der Waals surface area contributed by atoms with E-state index in [2.05, 4.69) is 11.9 Å². The van der Waals surface area contributed by atoms with Crippen molar-refractivity contribution in [2.75, 3.05) is 59.4 Å². The van der Waals surface area contributed by atoms with Crippen molar-refractivity contribution in [3.63, 3.8) is 0 Å². The summed E-state index contributed by atoms with van der Waals surface area (Å²) in [6.07, 6.45) is 3.29. The van der Waals surface area contributed by atoms with Gasteiger partial charge in [-0.05, 0) is 32.7 Å². The Kier molecular flexibility index (Phi) is 6.16. The fraction of sp³-hybridized carbons (Fsp3) is 0.842. The topological polar surface area (TPSA) is 64.2 Å². The third-order valence-electron chi connectivity index (χ3n) is 6.28. The van der Waals surface area contributed by atoms with Crippen molar-refractivity contribution in [2.24, 2.45) is 11.8 Å². The van der Waals surface area contributed by atoms with Crippen LogP contribution in [0.25, 0.3) is 0 Å². The second kappa shape index (κ2) is 8.37. The molecule has 3 rings (SSSR count). The summed E-state index contributed by atoms with van der Waals surface area (Å²) in [6, 6.07) is 0. The fourth-order valence-corrected chi connectivity index (χ4v) is 4.37. The molecular formula is C19H32N4O3. The number of hydrogen-bond acceptors (Lipinski definition) is 4. The van der Waals surface area contributed by atoms with E-state index in [9.17, 15) is 14.4 Å².